The number of aliphatic hydroxyl groups is 4. The number of ketones is 1. The number of ether oxygens (including phenoxy) is 3. The van der Waals surface area contributed by atoms with E-state index in [4.69, 9.17) is 14.2 Å². The first-order valence-corrected chi connectivity index (χ1v) is 7.61. The van der Waals surface area contributed by atoms with Crippen LogP contribution in [0.5, 0.6) is 11.5 Å². The summed E-state index contributed by atoms with van der Waals surface area (Å²) in [5.74, 6) is 0.383. The number of carbonyl (C=O) groups is 1. The van der Waals surface area contributed by atoms with Crippen LogP contribution < -0.4 is 9.47 Å². The van der Waals surface area contributed by atoms with E-state index in [2.05, 4.69) is 0 Å². The van der Waals surface area contributed by atoms with Crippen LogP contribution in [-0.2, 0) is 4.74 Å². The van der Waals surface area contributed by atoms with Crippen LogP contribution in [0.15, 0.2) is 18.2 Å². The highest BCUT2D eigenvalue weighted by Crippen LogP contribution is 2.32. The average Bonchev–Trinajstić information content (AvgIpc) is 2.61. The van der Waals surface area contributed by atoms with Crippen LogP contribution >= 0.6 is 0 Å². The lowest BCUT2D eigenvalue weighted by molar-refractivity contribution is -0.277. The molecule has 0 unspecified atom stereocenters. The van der Waals surface area contributed by atoms with Gasteiger partial charge >= 0.3 is 0 Å². The quantitative estimate of drug-likeness (QED) is 0.508. The van der Waals surface area contributed by atoms with Gasteiger partial charge in [-0.2, -0.15) is 0 Å². The number of aliphatic hydroxyl groups excluding tert-OH is 4. The van der Waals surface area contributed by atoms with Crippen molar-refractivity contribution < 1.29 is 39.4 Å². The third-order valence-electron chi connectivity index (χ3n) is 3.90. The van der Waals surface area contributed by atoms with Gasteiger partial charge in [-0.15, -0.1) is 0 Å². The van der Waals surface area contributed by atoms with Gasteiger partial charge in [0.05, 0.1) is 13.7 Å². The molecule has 1 saturated heterocycles. The highest BCUT2D eigenvalue weighted by molar-refractivity contribution is 5.96. The zero-order valence-electron chi connectivity index (χ0n) is 13.5. The minimum atomic E-state index is -1.53. The summed E-state index contributed by atoms with van der Waals surface area (Å²) in [5.41, 5.74) is 0.454. The molecule has 8 heteroatoms. The van der Waals surface area contributed by atoms with Crippen molar-refractivity contribution in [1.29, 1.82) is 0 Å². The number of methoxy groups -OCH3 is 1. The first-order chi connectivity index (χ1) is 11.4. The van der Waals surface area contributed by atoms with E-state index < -0.39 is 37.3 Å². The van der Waals surface area contributed by atoms with Gasteiger partial charge in [0.2, 0.25) is 6.29 Å². The van der Waals surface area contributed by atoms with Crippen molar-refractivity contribution in [3.05, 3.63) is 23.8 Å². The normalized spacial score (nSPS) is 30.0. The molecule has 1 fully saturated rings. The summed E-state index contributed by atoms with van der Waals surface area (Å²) in [6.07, 6.45) is -6.56. The summed E-state index contributed by atoms with van der Waals surface area (Å²) in [4.78, 5) is 11.7. The summed E-state index contributed by atoms with van der Waals surface area (Å²) in [6, 6.07) is 4.54. The second-order valence-corrected chi connectivity index (χ2v) is 5.46. The van der Waals surface area contributed by atoms with E-state index in [9.17, 15) is 25.2 Å². The van der Waals surface area contributed by atoms with E-state index in [0.29, 0.717) is 12.0 Å². The van der Waals surface area contributed by atoms with Crippen LogP contribution in [-0.4, -0.2) is 70.6 Å². The molecule has 0 radical (unpaired) electrons. The molecule has 8 nitrogen and oxygen atoms in total. The highest BCUT2D eigenvalue weighted by Gasteiger charge is 2.44. The fraction of sp³-hybridized carbons (Fsp3) is 0.562. The third kappa shape index (κ3) is 3.68. The Hall–Kier alpha value is -1.71. The van der Waals surface area contributed by atoms with Gasteiger partial charge in [-0.25, -0.2) is 0 Å². The van der Waals surface area contributed by atoms with Crippen LogP contribution in [0.4, 0.5) is 0 Å². The van der Waals surface area contributed by atoms with E-state index in [0.717, 1.165) is 0 Å². The van der Waals surface area contributed by atoms with Crippen LogP contribution in [0.1, 0.15) is 23.7 Å². The van der Waals surface area contributed by atoms with Crippen molar-refractivity contribution >= 4 is 5.78 Å². The number of hydrogen-bond donors (Lipinski definition) is 4. The summed E-state index contributed by atoms with van der Waals surface area (Å²) in [7, 11) is 1.40. The fourth-order valence-electron chi connectivity index (χ4n) is 2.43. The molecule has 1 aromatic carbocycles. The van der Waals surface area contributed by atoms with Gasteiger partial charge in [0.25, 0.3) is 0 Å². The zero-order valence-corrected chi connectivity index (χ0v) is 13.5. The van der Waals surface area contributed by atoms with Crippen molar-refractivity contribution in [2.45, 2.75) is 44.1 Å². The van der Waals surface area contributed by atoms with Crippen LogP contribution in [0.3, 0.4) is 0 Å². The van der Waals surface area contributed by atoms with Crippen molar-refractivity contribution in [3.8, 4) is 11.5 Å². The molecule has 1 heterocycles. The smallest absolute Gasteiger partial charge is 0.229 e. The van der Waals surface area contributed by atoms with Gasteiger partial charge in [0, 0.05) is 12.0 Å². The lowest BCUT2D eigenvalue weighted by Gasteiger charge is -2.39. The first-order valence-electron chi connectivity index (χ1n) is 7.61. The van der Waals surface area contributed by atoms with Gasteiger partial charge in [-0.1, -0.05) is 6.92 Å². The molecule has 1 aliphatic rings. The minimum absolute atomic E-state index is 0.0623. The summed E-state index contributed by atoms with van der Waals surface area (Å²) in [6.45, 7) is 1.19. The molecule has 0 bridgehead atoms. The summed E-state index contributed by atoms with van der Waals surface area (Å²) < 4.78 is 16.0. The Balaban J connectivity index is 2.21. The van der Waals surface area contributed by atoms with Crippen molar-refractivity contribution in [2.75, 3.05) is 13.7 Å². The molecule has 2 rings (SSSR count). The van der Waals surface area contributed by atoms with E-state index in [-0.39, 0.29) is 17.3 Å². The highest BCUT2D eigenvalue weighted by atomic mass is 16.7. The Morgan fingerprint density at radius 2 is 1.88 bits per heavy atom. The number of rotatable bonds is 6. The molecular weight excluding hydrogens is 320 g/mol. The summed E-state index contributed by atoms with van der Waals surface area (Å²) >= 11 is 0. The molecular formula is C16H22O8. The van der Waals surface area contributed by atoms with Crippen molar-refractivity contribution in [3.63, 3.8) is 0 Å². The van der Waals surface area contributed by atoms with E-state index in [1.54, 1.807) is 13.0 Å². The van der Waals surface area contributed by atoms with Gasteiger partial charge < -0.3 is 34.6 Å². The third-order valence-corrected chi connectivity index (χ3v) is 3.90. The molecule has 0 aliphatic carbocycles. The fourth-order valence-corrected chi connectivity index (χ4v) is 2.43. The second-order valence-electron chi connectivity index (χ2n) is 5.46. The van der Waals surface area contributed by atoms with Crippen LogP contribution in [0.25, 0.3) is 0 Å². The SMILES string of the molecule is CCC(=O)c1ccc(O[C@@H]2O[C@@H](CO)[C@H](O)[C@@H](O)[C@@H]2O)c(OC)c1. The van der Waals surface area contributed by atoms with Gasteiger partial charge in [-0.05, 0) is 18.2 Å². The molecule has 134 valence electrons. The Morgan fingerprint density at radius 1 is 1.17 bits per heavy atom. The van der Waals surface area contributed by atoms with Gasteiger partial charge in [-0.3, -0.25) is 4.79 Å². The topological polar surface area (TPSA) is 126 Å². The monoisotopic (exact) mass is 342 g/mol. The number of Topliss-reactive ketones (excluding diaryl/α,β-unsaturated/α-hetero) is 1. The Morgan fingerprint density at radius 3 is 2.46 bits per heavy atom. The van der Waals surface area contributed by atoms with E-state index in [1.807, 2.05) is 0 Å². The summed E-state index contributed by atoms with van der Waals surface area (Å²) in [5, 5.41) is 38.7. The average molecular weight is 342 g/mol. The predicted octanol–water partition coefficient (Wildman–Crippen LogP) is -0.533. The number of benzene rings is 1. The molecule has 0 spiro atoms. The van der Waals surface area contributed by atoms with E-state index in [1.165, 1.54) is 19.2 Å². The van der Waals surface area contributed by atoms with Crippen molar-refractivity contribution in [2.24, 2.45) is 0 Å². The molecule has 24 heavy (non-hydrogen) atoms. The standard InChI is InChI=1S/C16H22O8/c1-3-9(18)8-4-5-10(11(6-8)22-2)23-16-15(21)14(20)13(19)12(7-17)24-16/h4-6,12-17,19-21H,3,7H2,1-2H3/t12-,13-,14+,15-,16+/m0/s1. The number of hydrogen-bond acceptors (Lipinski definition) is 8. The maximum Gasteiger partial charge on any atom is 0.229 e. The lowest BCUT2D eigenvalue weighted by Crippen LogP contribution is -2.60. The van der Waals surface area contributed by atoms with Crippen LogP contribution in [0, 0.1) is 0 Å². The lowest BCUT2D eigenvalue weighted by atomic mass is 9.99. The Bertz CT molecular complexity index is 573. The molecule has 4 N–H and O–H groups in total. The van der Waals surface area contributed by atoms with Gasteiger partial charge in [0.15, 0.2) is 17.3 Å². The maximum atomic E-state index is 11.7. The first kappa shape index (κ1) is 18.6. The van der Waals surface area contributed by atoms with Gasteiger partial charge in [0.1, 0.15) is 24.4 Å². The minimum Gasteiger partial charge on any atom is -0.493 e. The molecule has 1 aromatic rings. The molecule has 0 aromatic heterocycles. The molecule has 1 aliphatic heterocycles. The zero-order chi connectivity index (χ0) is 17.9. The van der Waals surface area contributed by atoms with Crippen molar-refractivity contribution in [1.82, 2.24) is 0 Å². The largest absolute Gasteiger partial charge is 0.493 e. The predicted molar refractivity (Wildman–Crippen MR) is 82.0 cm³/mol. The van der Waals surface area contributed by atoms with E-state index >= 15 is 0 Å². The molecule has 5 atom stereocenters. The maximum absolute atomic E-state index is 11.7. The Labute approximate surface area is 139 Å². The second kappa shape index (κ2) is 7.91. The molecule has 0 saturated carbocycles. The van der Waals surface area contributed by atoms with Crippen LogP contribution in [0.2, 0.25) is 0 Å². The molecule has 0 amide bonds. The number of carbonyl (C=O) groups excluding carboxylic acids is 1. The Kier molecular flexibility index (Phi) is 6.14.